The van der Waals surface area contributed by atoms with Crippen molar-refractivity contribution < 1.29 is 17.9 Å². The second kappa shape index (κ2) is 6.45. The molecule has 0 N–H and O–H groups in total. The molecular formula is C15H20N2O4S. The lowest BCUT2D eigenvalue weighted by atomic mass is 10.1. The highest BCUT2D eigenvalue weighted by Gasteiger charge is 2.35. The molecule has 120 valence electrons. The van der Waals surface area contributed by atoms with Crippen LogP contribution in [0.1, 0.15) is 16.8 Å². The predicted molar refractivity (Wildman–Crippen MR) is 81.4 cm³/mol. The van der Waals surface area contributed by atoms with Crippen LogP contribution in [0.2, 0.25) is 0 Å². The number of sulfonamides is 1. The Bertz CT molecular complexity index is 653. The van der Waals surface area contributed by atoms with Gasteiger partial charge in [0.25, 0.3) is 0 Å². The number of carbonyl (C=O) groups is 1. The van der Waals surface area contributed by atoms with Crippen LogP contribution in [0.5, 0.6) is 0 Å². The van der Waals surface area contributed by atoms with Gasteiger partial charge in [0.15, 0.2) is 5.78 Å². The second-order valence-corrected chi connectivity index (χ2v) is 7.47. The number of hydrogen-bond donors (Lipinski definition) is 0. The van der Waals surface area contributed by atoms with E-state index in [1.54, 1.807) is 18.2 Å². The van der Waals surface area contributed by atoms with Crippen molar-refractivity contribution in [2.45, 2.75) is 11.3 Å². The quantitative estimate of drug-likeness (QED) is 0.811. The Morgan fingerprint density at radius 1 is 1.09 bits per heavy atom. The Balaban J connectivity index is 1.66. The molecule has 0 radical (unpaired) electrons. The van der Waals surface area contributed by atoms with E-state index < -0.39 is 10.0 Å². The first-order chi connectivity index (χ1) is 10.6. The number of ether oxygens (including phenoxy) is 1. The molecule has 0 aliphatic carbocycles. The number of benzene rings is 1. The van der Waals surface area contributed by atoms with Gasteiger partial charge in [0, 0.05) is 25.2 Å². The molecule has 1 saturated heterocycles. The molecule has 0 amide bonds. The molecule has 0 aromatic heterocycles. The highest BCUT2D eigenvalue weighted by atomic mass is 32.2. The van der Waals surface area contributed by atoms with E-state index >= 15 is 0 Å². The number of morpholine rings is 1. The molecular weight excluding hydrogens is 304 g/mol. The van der Waals surface area contributed by atoms with Crippen LogP contribution in [0.3, 0.4) is 0 Å². The molecule has 2 aliphatic heterocycles. The smallest absolute Gasteiger partial charge is 0.244 e. The second-order valence-electron chi connectivity index (χ2n) is 5.57. The maximum absolute atomic E-state index is 12.6. The third kappa shape index (κ3) is 3.08. The number of Topliss-reactive ketones (excluding diaryl/α,β-unsaturated/α-hetero) is 1. The standard InChI is InChI=1S/C15H20N2O4S/c18-14-12-17(7-3-6-16-8-10-21-11-9-16)22(19,20)15-5-2-1-4-13(14)15/h1-2,4-5H,3,6-12H2. The number of carbonyl (C=O) groups excluding carboxylic acids is 1. The minimum absolute atomic E-state index is 0.0531. The molecule has 1 aromatic carbocycles. The normalized spacial score (nSPS) is 22.5. The topological polar surface area (TPSA) is 66.9 Å². The van der Waals surface area contributed by atoms with Crippen LogP contribution in [0, 0.1) is 0 Å². The molecule has 0 bridgehead atoms. The summed E-state index contributed by atoms with van der Waals surface area (Å²) in [5.41, 5.74) is 0.312. The average Bonchev–Trinajstić information content (AvgIpc) is 2.54. The molecule has 6 nitrogen and oxygen atoms in total. The summed E-state index contributed by atoms with van der Waals surface area (Å²) in [5, 5.41) is 0. The highest BCUT2D eigenvalue weighted by Crippen LogP contribution is 2.26. The predicted octanol–water partition coefficient (Wildman–Crippen LogP) is 0.596. The van der Waals surface area contributed by atoms with Gasteiger partial charge < -0.3 is 4.74 Å². The van der Waals surface area contributed by atoms with Crippen molar-refractivity contribution in [3.8, 4) is 0 Å². The lowest BCUT2D eigenvalue weighted by Crippen LogP contribution is -2.43. The van der Waals surface area contributed by atoms with Crippen LogP contribution in [0.15, 0.2) is 29.2 Å². The minimum atomic E-state index is -3.55. The highest BCUT2D eigenvalue weighted by molar-refractivity contribution is 7.89. The van der Waals surface area contributed by atoms with Gasteiger partial charge in [-0.3, -0.25) is 9.69 Å². The summed E-state index contributed by atoms with van der Waals surface area (Å²) in [6.45, 7) is 4.37. The number of fused-ring (bicyclic) bond motifs is 1. The van der Waals surface area contributed by atoms with Crippen LogP contribution in [-0.2, 0) is 14.8 Å². The number of nitrogens with zero attached hydrogens (tertiary/aromatic N) is 2. The summed E-state index contributed by atoms with van der Waals surface area (Å²) >= 11 is 0. The molecule has 1 aromatic rings. The average molecular weight is 324 g/mol. The first kappa shape index (κ1) is 15.6. The van der Waals surface area contributed by atoms with Gasteiger partial charge in [0.2, 0.25) is 10.0 Å². The Morgan fingerprint density at radius 3 is 2.59 bits per heavy atom. The molecule has 22 heavy (non-hydrogen) atoms. The van der Waals surface area contributed by atoms with E-state index in [2.05, 4.69) is 4.90 Å². The van der Waals surface area contributed by atoms with E-state index in [0.717, 1.165) is 32.8 Å². The van der Waals surface area contributed by atoms with Gasteiger partial charge in [-0.15, -0.1) is 0 Å². The van der Waals surface area contributed by atoms with Gasteiger partial charge in [-0.2, -0.15) is 4.31 Å². The van der Waals surface area contributed by atoms with Crippen molar-refractivity contribution in [1.82, 2.24) is 9.21 Å². The first-order valence-electron chi connectivity index (χ1n) is 7.51. The van der Waals surface area contributed by atoms with E-state index in [4.69, 9.17) is 4.74 Å². The van der Waals surface area contributed by atoms with Crippen molar-refractivity contribution in [3.05, 3.63) is 29.8 Å². The molecule has 7 heteroatoms. The molecule has 0 saturated carbocycles. The van der Waals surface area contributed by atoms with Crippen molar-refractivity contribution in [2.75, 3.05) is 45.9 Å². The van der Waals surface area contributed by atoms with E-state index in [-0.39, 0.29) is 17.2 Å². The zero-order chi connectivity index (χ0) is 15.6. The third-order valence-electron chi connectivity index (χ3n) is 4.11. The molecule has 2 aliphatic rings. The van der Waals surface area contributed by atoms with Crippen molar-refractivity contribution >= 4 is 15.8 Å². The number of hydrogen-bond acceptors (Lipinski definition) is 5. The molecule has 1 fully saturated rings. The summed E-state index contributed by atoms with van der Waals surface area (Å²) < 4.78 is 31.7. The number of rotatable bonds is 4. The third-order valence-corrected chi connectivity index (χ3v) is 6.01. The summed E-state index contributed by atoms with van der Waals surface area (Å²) in [6.07, 6.45) is 0.717. The SMILES string of the molecule is O=C1CN(CCCN2CCOCC2)S(=O)(=O)c2ccccc21. The molecule has 2 heterocycles. The maximum Gasteiger partial charge on any atom is 0.244 e. The molecule has 0 unspecified atom stereocenters. The Morgan fingerprint density at radius 2 is 1.82 bits per heavy atom. The fourth-order valence-electron chi connectivity index (χ4n) is 2.89. The minimum Gasteiger partial charge on any atom is -0.379 e. The van der Waals surface area contributed by atoms with Crippen LogP contribution >= 0.6 is 0 Å². The number of ketones is 1. The van der Waals surface area contributed by atoms with Crippen LogP contribution < -0.4 is 0 Å². The molecule has 0 atom stereocenters. The van der Waals surface area contributed by atoms with E-state index in [1.165, 1.54) is 10.4 Å². The fourth-order valence-corrected chi connectivity index (χ4v) is 4.53. The van der Waals surface area contributed by atoms with Crippen LogP contribution in [-0.4, -0.2) is 69.3 Å². The Labute approximate surface area is 130 Å². The lowest BCUT2D eigenvalue weighted by molar-refractivity contribution is 0.0369. The van der Waals surface area contributed by atoms with E-state index in [9.17, 15) is 13.2 Å². The largest absolute Gasteiger partial charge is 0.379 e. The summed E-state index contributed by atoms with van der Waals surface area (Å²) in [7, 11) is -3.55. The van der Waals surface area contributed by atoms with Crippen LogP contribution in [0.4, 0.5) is 0 Å². The monoisotopic (exact) mass is 324 g/mol. The van der Waals surface area contributed by atoms with Crippen molar-refractivity contribution in [3.63, 3.8) is 0 Å². The van der Waals surface area contributed by atoms with Crippen LogP contribution in [0.25, 0.3) is 0 Å². The summed E-state index contributed by atoms with van der Waals surface area (Å²) in [4.78, 5) is 14.5. The van der Waals surface area contributed by atoms with Gasteiger partial charge in [0.1, 0.15) is 0 Å². The van der Waals surface area contributed by atoms with Gasteiger partial charge in [-0.25, -0.2) is 8.42 Å². The Hall–Kier alpha value is -1.28. The summed E-state index contributed by atoms with van der Waals surface area (Å²) in [5.74, 6) is -0.128. The Kier molecular flexibility index (Phi) is 4.58. The fraction of sp³-hybridized carbons (Fsp3) is 0.533. The molecule has 0 spiro atoms. The van der Waals surface area contributed by atoms with Gasteiger partial charge in [-0.1, -0.05) is 12.1 Å². The lowest BCUT2D eigenvalue weighted by Gasteiger charge is -2.29. The van der Waals surface area contributed by atoms with Gasteiger partial charge in [0.05, 0.1) is 24.7 Å². The van der Waals surface area contributed by atoms with Gasteiger partial charge in [-0.05, 0) is 25.1 Å². The maximum atomic E-state index is 12.6. The van der Waals surface area contributed by atoms with Crippen molar-refractivity contribution in [2.24, 2.45) is 0 Å². The zero-order valence-electron chi connectivity index (χ0n) is 12.4. The van der Waals surface area contributed by atoms with E-state index in [0.29, 0.717) is 18.5 Å². The first-order valence-corrected chi connectivity index (χ1v) is 8.95. The van der Waals surface area contributed by atoms with Gasteiger partial charge >= 0.3 is 0 Å². The summed E-state index contributed by atoms with van der Waals surface area (Å²) in [6, 6.07) is 6.44. The molecule has 3 rings (SSSR count). The van der Waals surface area contributed by atoms with E-state index in [1.807, 2.05) is 0 Å². The zero-order valence-corrected chi connectivity index (χ0v) is 13.2. The van der Waals surface area contributed by atoms with Crippen molar-refractivity contribution in [1.29, 1.82) is 0 Å².